The minimum atomic E-state index is 0.611. The zero-order valence-corrected chi connectivity index (χ0v) is 12.6. The van der Waals surface area contributed by atoms with Gasteiger partial charge in [0.25, 0.3) is 0 Å². The van der Waals surface area contributed by atoms with E-state index in [1.165, 1.54) is 44.3 Å². The first kappa shape index (κ1) is 14.6. The van der Waals surface area contributed by atoms with Gasteiger partial charge in [-0.3, -0.25) is 0 Å². The fourth-order valence-corrected chi connectivity index (χ4v) is 3.54. The molecule has 0 spiro atoms. The minimum Gasteiger partial charge on any atom is -0.372 e. The molecule has 1 saturated heterocycles. The van der Waals surface area contributed by atoms with E-state index in [1.807, 2.05) is 13.8 Å². The van der Waals surface area contributed by atoms with E-state index in [0.717, 1.165) is 12.0 Å². The van der Waals surface area contributed by atoms with E-state index in [9.17, 15) is 0 Å². The van der Waals surface area contributed by atoms with E-state index in [0.29, 0.717) is 5.41 Å². The maximum Gasteiger partial charge on any atom is 0.0341 e. The molecule has 1 aliphatic heterocycles. The Morgan fingerprint density at radius 2 is 2.00 bits per heavy atom. The molecule has 1 nitrogen and oxygen atoms in total. The summed E-state index contributed by atoms with van der Waals surface area (Å²) in [5, 5.41) is 0. The van der Waals surface area contributed by atoms with Crippen LogP contribution in [0.25, 0.3) is 0 Å². The molecule has 0 aromatic heterocycles. The third-order valence-electron chi connectivity index (χ3n) is 4.38. The van der Waals surface area contributed by atoms with E-state index < -0.39 is 0 Å². The van der Waals surface area contributed by atoms with Crippen molar-refractivity contribution in [1.82, 2.24) is 4.90 Å². The highest BCUT2D eigenvalue weighted by Gasteiger charge is 2.46. The number of hydrogen-bond acceptors (Lipinski definition) is 1. The molecule has 1 heterocycles. The standard InChI is InChI=1S/C14H25N.C2H6/c1-11(2)10-12(3)15-9-8-14(4)7-5-6-13(14)15;1-2/h11,13H,3,5-10H2,1-2,4H3;1-2H3/t13-,14-;/m1./s1. The van der Waals surface area contributed by atoms with Crippen LogP contribution < -0.4 is 0 Å². The normalized spacial score (nSPS) is 31.2. The quantitative estimate of drug-likeness (QED) is 0.679. The largest absolute Gasteiger partial charge is 0.372 e. The molecule has 100 valence electrons. The van der Waals surface area contributed by atoms with Crippen LogP contribution >= 0.6 is 0 Å². The third kappa shape index (κ3) is 3.05. The van der Waals surface area contributed by atoms with Gasteiger partial charge in [0.2, 0.25) is 0 Å². The van der Waals surface area contributed by atoms with Gasteiger partial charge in [-0.1, -0.05) is 47.6 Å². The van der Waals surface area contributed by atoms with E-state index >= 15 is 0 Å². The second-order valence-electron chi connectivity index (χ2n) is 6.17. The molecule has 0 bridgehead atoms. The SMILES string of the molecule is C=C(CC(C)C)N1CC[C@@]2(C)CCC[C@@H]12.CC. The highest BCUT2D eigenvalue weighted by atomic mass is 15.2. The lowest BCUT2D eigenvalue weighted by Crippen LogP contribution is -2.33. The zero-order chi connectivity index (χ0) is 13.1. The Hall–Kier alpha value is -0.460. The maximum atomic E-state index is 4.29. The Bertz CT molecular complexity index is 256. The van der Waals surface area contributed by atoms with Crippen LogP contribution in [0, 0.1) is 11.3 Å². The molecule has 0 N–H and O–H groups in total. The number of fused-ring (bicyclic) bond motifs is 1. The summed E-state index contributed by atoms with van der Waals surface area (Å²) in [5.74, 6) is 0.741. The van der Waals surface area contributed by atoms with Gasteiger partial charge in [0, 0.05) is 18.3 Å². The number of allylic oxidation sites excluding steroid dienone is 1. The first-order valence-electron chi connectivity index (χ1n) is 7.47. The van der Waals surface area contributed by atoms with Crippen LogP contribution in [0.3, 0.4) is 0 Å². The molecule has 2 atom stereocenters. The average molecular weight is 237 g/mol. The van der Waals surface area contributed by atoms with Crippen molar-refractivity contribution in [2.75, 3.05) is 6.54 Å². The molecular weight excluding hydrogens is 206 g/mol. The molecule has 0 aromatic carbocycles. The second kappa shape index (κ2) is 5.93. The molecular formula is C16H31N. The van der Waals surface area contributed by atoms with Gasteiger partial charge in [0.15, 0.2) is 0 Å². The van der Waals surface area contributed by atoms with Crippen LogP contribution in [-0.2, 0) is 0 Å². The fraction of sp³-hybridized carbons (Fsp3) is 0.875. The van der Waals surface area contributed by atoms with E-state index in [1.54, 1.807) is 0 Å². The van der Waals surface area contributed by atoms with E-state index in [4.69, 9.17) is 0 Å². The number of likely N-dealkylation sites (tertiary alicyclic amines) is 1. The zero-order valence-electron chi connectivity index (χ0n) is 12.6. The molecule has 1 aliphatic carbocycles. The molecule has 0 amide bonds. The molecule has 1 heteroatoms. The molecule has 2 rings (SSSR count). The summed E-state index contributed by atoms with van der Waals surface area (Å²) in [6.45, 7) is 16.6. The minimum absolute atomic E-state index is 0.611. The Balaban J connectivity index is 0.000000686. The second-order valence-corrected chi connectivity index (χ2v) is 6.17. The monoisotopic (exact) mass is 237 g/mol. The van der Waals surface area contributed by atoms with Crippen LogP contribution in [-0.4, -0.2) is 17.5 Å². The van der Waals surface area contributed by atoms with Gasteiger partial charge in [-0.2, -0.15) is 0 Å². The smallest absolute Gasteiger partial charge is 0.0341 e. The number of rotatable bonds is 3. The van der Waals surface area contributed by atoms with Crippen molar-refractivity contribution < 1.29 is 0 Å². The summed E-state index contributed by atoms with van der Waals surface area (Å²) in [6, 6.07) is 0.809. The lowest BCUT2D eigenvalue weighted by atomic mass is 9.85. The lowest BCUT2D eigenvalue weighted by molar-refractivity contribution is 0.229. The summed E-state index contributed by atoms with van der Waals surface area (Å²) in [5.41, 5.74) is 2.00. The third-order valence-corrected chi connectivity index (χ3v) is 4.38. The Kier molecular flexibility index (Phi) is 5.09. The van der Waals surface area contributed by atoms with Crippen LogP contribution in [0.15, 0.2) is 12.3 Å². The predicted octanol–water partition coefficient (Wildman–Crippen LogP) is 4.84. The molecule has 1 saturated carbocycles. The average Bonchev–Trinajstić information content (AvgIpc) is 2.76. The highest BCUT2D eigenvalue weighted by molar-refractivity contribution is 5.09. The van der Waals surface area contributed by atoms with Crippen molar-refractivity contribution in [2.45, 2.75) is 72.8 Å². The molecule has 2 aliphatic rings. The van der Waals surface area contributed by atoms with Crippen molar-refractivity contribution in [3.63, 3.8) is 0 Å². The fourth-order valence-electron chi connectivity index (χ4n) is 3.54. The lowest BCUT2D eigenvalue weighted by Gasteiger charge is -2.32. The van der Waals surface area contributed by atoms with Gasteiger partial charge in [-0.25, -0.2) is 0 Å². The van der Waals surface area contributed by atoms with Gasteiger partial charge in [-0.15, -0.1) is 0 Å². The van der Waals surface area contributed by atoms with Crippen LogP contribution in [0.1, 0.15) is 66.7 Å². The molecule has 0 radical (unpaired) electrons. The van der Waals surface area contributed by atoms with Crippen molar-refractivity contribution in [3.05, 3.63) is 12.3 Å². The molecule has 0 aromatic rings. The summed E-state index contributed by atoms with van der Waals surface area (Å²) < 4.78 is 0. The van der Waals surface area contributed by atoms with Crippen molar-refractivity contribution in [2.24, 2.45) is 11.3 Å². The van der Waals surface area contributed by atoms with Gasteiger partial charge in [-0.05, 0) is 37.0 Å². The maximum absolute atomic E-state index is 4.29. The van der Waals surface area contributed by atoms with Gasteiger partial charge >= 0.3 is 0 Å². The number of hydrogen-bond donors (Lipinski definition) is 0. The molecule has 2 fully saturated rings. The van der Waals surface area contributed by atoms with Crippen LogP contribution in [0.2, 0.25) is 0 Å². The summed E-state index contributed by atoms with van der Waals surface area (Å²) >= 11 is 0. The van der Waals surface area contributed by atoms with Crippen molar-refractivity contribution in [1.29, 1.82) is 0 Å². The summed E-state index contributed by atoms with van der Waals surface area (Å²) in [4.78, 5) is 2.62. The first-order chi connectivity index (χ1) is 8.03. The summed E-state index contributed by atoms with van der Waals surface area (Å²) in [6.07, 6.45) is 6.81. The Labute approximate surface area is 108 Å². The van der Waals surface area contributed by atoms with Crippen LogP contribution in [0.4, 0.5) is 0 Å². The van der Waals surface area contributed by atoms with Crippen LogP contribution in [0.5, 0.6) is 0 Å². The van der Waals surface area contributed by atoms with Gasteiger partial charge in [0.05, 0.1) is 0 Å². The van der Waals surface area contributed by atoms with Gasteiger partial charge < -0.3 is 4.90 Å². The summed E-state index contributed by atoms with van der Waals surface area (Å²) in [7, 11) is 0. The highest BCUT2D eigenvalue weighted by Crippen LogP contribution is 2.49. The van der Waals surface area contributed by atoms with E-state index in [2.05, 4.69) is 32.3 Å². The number of nitrogens with zero attached hydrogens (tertiary/aromatic N) is 1. The van der Waals surface area contributed by atoms with Crippen molar-refractivity contribution >= 4 is 0 Å². The Morgan fingerprint density at radius 1 is 1.35 bits per heavy atom. The molecule has 17 heavy (non-hydrogen) atoms. The van der Waals surface area contributed by atoms with Crippen molar-refractivity contribution in [3.8, 4) is 0 Å². The Morgan fingerprint density at radius 3 is 2.59 bits per heavy atom. The predicted molar refractivity (Wildman–Crippen MR) is 77.0 cm³/mol. The molecule has 0 unspecified atom stereocenters. The topological polar surface area (TPSA) is 3.24 Å². The first-order valence-corrected chi connectivity index (χ1v) is 7.47. The van der Waals surface area contributed by atoms with Gasteiger partial charge in [0.1, 0.15) is 0 Å². The van der Waals surface area contributed by atoms with E-state index in [-0.39, 0.29) is 0 Å².